The lowest BCUT2D eigenvalue weighted by Gasteiger charge is -2.18. The van der Waals surface area contributed by atoms with Crippen molar-refractivity contribution in [3.8, 4) is 0 Å². The van der Waals surface area contributed by atoms with E-state index in [2.05, 4.69) is 16.0 Å². The molecule has 5 nitrogen and oxygen atoms in total. The minimum atomic E-state index is -0.457. The fourth-order valence-electron chi connectivity index (χ4n) is 1.60. The van der Waals surface area contributed by atoms with Crippen LogP contribution < -0.4 is 16.0 Å². The van der Waals surface area contributed by atoms with Crippen molar-refractivity contribution < 1.29 is 9.59 Å². The lowest BCUT2D eigenvalue weighted by molar-refractivity contribution is -0.123. The molecule has 0 unspecified atom stereocenters. The number of carbonyl (C=O) groups is 2. The van der Waals surface area contributed by atoms with Gasteiger partial charge in [-0.05, 0) is 31.7 Å². The van der Waals surface area contributed by atoms with Gasteiger partial charge >= 0.3 is 0 Å². The quantitative estimate of drug-likeness (QED) is 0.778. The summed E-state index contributed by atoms with van der Waals surface area (Å²) in [6.45, 7) is 8.12. The van der Waals surface area contributed by atoms with Gasteiger partial charge in [0.05, 0.1) is 0 Å². The molecule has 6 heteroatoms. The molecule has 0 bridgehead atoms. The molecule has 22 heavy (non-hydrogen) atoms. The highest BCUT2D eigenvalue weighted by Crippen LogP contribution is 2.23. The van der Waals surface area contributed by atoms with Crippen LogP contribution in [-0.2, 0) is 9.59 Å². The Hall–Kier alpha value is -1.59. The molecule has 3 N–H and O–H groups in total. The van der Waals surface area contributed by atoms with Crippen molar-refractivity contribution >= 4 is 35.6 Å². The first kappa shape index (κ1) is 20.4. The van der Waals surface area contributed by atoms with E-state index in [-0.39, 0.29) is 24.2 Å². The lowest BCUT2D eigenvalue weighted by atomic mass is 9.95. The van der Waals surface area contributed by atoms with Gasteiger partial charge in [-0.25, -0.2) is 0 Å². The second kappa shape index (κ2) is 8.76. The maximum atomic E-state index is 12.0. The number of carbonyl (C=O) groups excluding carboxylic acids is 2. The van der Waals surface area contributed by atoms with Crippen molar-refractivity contribution in [2.45, 2.75) is 34.1 Å². The van der Waals surface area contributed by atoms with Gasteiger partial charge in [0, 0.05) is 29.8 Å². The summed E-state index contributed by atoms with van der Waals surface area (Å²) >= 11 is 0. The van der Waals surface area contributed by atoms with Gasteiger partial charge in [0.25, 0.3) is 0 Å². The monoisotopic (exact) mass is 327 g/mol. The van der Waals surface area contributed by atoms with E-state index in [1.807, 2.05) is 39.8 Å². The van der Waals surface area contributed by atoms with Crippen molar-refractivity contribution in [3.63, 3.8) is 0 Å². The van der Waals surface area contributed by atoms with Crippen molar-refractivity contribution in [2.24, 2.45) is 5.41 Å². The van der Waals surface area contributed by atoms with E-state index in [0.717, 1.165) is 11.3 Å². The zero-order valence-electron chi connectivity index (χ0n) is 13.9. The van der Waals surface area contributed by atoms with Crippen LogP contribution in [0.3, 0.4) is 0 Å². The van der Waals surface area contributed by atoms with Crippen LogP contribution in [0.25, 0.3) is 0 Å². The Labute approximate surface area is 138 Å². The molecule has 0 spiro atoms. The first-order valence-electron chi connectivity index (χ1n) is 7.10. The number of anilines is 2. The van der Waals surface area contributed by atoms with Gasteiger partial charge in [0.15, 0.2) is 0 Å². The molecule has 0 aliphatic heterocycles. The number of hydrogen-bond acceptors (Lipinski definition) is 3. The molecule has 1 rings (SSSR count). The average Bonchev–Trinajstić information content (AvgIpc) is 2.39. The molecule has 124 valence electrons. The number of hydrogen-bond donors (Lipinski definition) is 3. The molecule has 2 amide bonds. The van der Waals surface area contributed by atoms with Crippen LogP contribution in [-0.4, -0.2) is 25.4 Å². The molecule has 0 saturated heterocycles. The topological polar surface area (TPSA) is 70.2 Å². The Kier molecular flexibility index (Phi) is 8.12. The summed E-state index contributed by atoms with van der Waals surface area (Å²) < 4.78 is 0. The third kappa shape index (κ3) is 6.45. The van der Waals surface area contributed by atoms with Crippen LogP contribution in [0.5, 0.6) is 0 Å². The van der Waals surface area contributed by atoms with Crippen LogP contribution >= 0.6 is 12.4 Å². The molecule has 1 aromatic rings. The Morgan fingerprint density at radius 3 is 2.32 bits per heavy atom. The molecule has 0 radical (unpaired) electrons. The van der Waals surface area contributed by atoms with Crippen LogP contribution in [0.2, 0.25) is 0 Å². The van der Waals surface area contributed by atoms with Crippen LogP contribution in [0, 0.1) is 12.3 Å². The average molecular weight is 328 g/mol. The van der Waals surface area contributed by atoms with Crippen molar-refractivity contribution in [2.75, 3.05) is 24.2 Å². The normalized spacial score (nSPS) is 10.6. The molecule has 0 heterocycles. The van der Waals surface area contributed by atoms with E-state index in [4.69, 9.17) is 0 Å². The maximum absolute atomic E-state index is 12.0. The summed E-state index contributed by atoms with van der Waals surface area (Å²) in [7, 11) is 1.81. The first-order chi connectivity index (χ1) is 9.74. The summed E-state index contributed by atoms with van der Waals surface area (Å²) in [5.41, 5.74) is 1.91. The Morgan fingerprint density at radius 2 is 1.77 bits per heavy atom. The lowest BCUT2D eigenvalue weighted by Crippen LogP contribution is -2.27. The van der Waals surface area contributed by atoms with E-state index in [1.54, 1.807) is 13.1 Å². The molecule has 1 aromatic carbocycles. The highest BCUT2D eigenvalue weighted by molar-refractivity contribution is 5.96. The van der Waals surface area contributed by atoms with Gasteiger partial charge < -0.3 is 16.0 Å². The molecule has 0 aromatic heterocycles. The van der Waals surface area contributed by atoms with Crippen LogP contribution in [0.1, 0.15) is 32.8 Å². The fourth-order valence-corrected chi connectivity index (χ4v) is 1.60. The minimum Gasteiger partial charge on any atom is -0.326 e. The van der Waals surface area contributed by atoms with E-state index in [9.17, 15) is 9.59 Å². The molecule has 0 fully saturated rings. The van der Waals surface area contributed by atoms with E-state index < -0.39 is 5.41 Å². The summed E-state index contributed by atoms with van der Waals surface area (Å²) in [5, 5.41) is 8.67. The summed E-state index contributed by atoms with van der Waals surface area (Å²) in [6.07, 6.45) is 0.411. The van der Waals surface area contributed by atoms with Crippen LogP contribution in [0.15, 0.2) is 18.2 Å². The fraction of sp³-hybridized carbons (Fsp3) is 0.500. The number of rotatable bonds is 5. The number of nitrogens with one attached hydrogen (secondary N) is 3. The number of aryl methyl sites for hydroxylation is 1. The highest BCUT2D eigenvalue weighted by atomic mass is 35.5. The molecule has 0 saturated carbocycles. The summed E-state index contributed by atoms with van der Waals surface area (Å²) in [4.78, 5) is 23.8. The van der Waals surface area contributed by atoms with E-state index in [1.165, 1.54) is 0 Å². The molecule has 0 aliphatic carbocycles. The van der Waals surface area contributed by atoms with Gasteiger partial charge in [0.1, 0.15) is 0 Å². The van der Waals surface area contributed by atoms with Crippen molar-refractivity contribution in [1.29, 1.82) is 0 Å². The first-order valence-corrected chi connectivity index (χ1v) is 7.10. The number of amides is 2. The molecular formula is C16H26ClN3O2. The van der Waals surface area contributed by atoms with Crippen LogP contribution in [0.4, 0.5) is 11.4 Å². The second-order valence-electron chi connectivity index (χ2n) is 6.14. The molecule has 0 aliphatic rings. The Morgan fingerprint density at radius 1 is 1.14 bits per heavy atom. The van der Waals surface area contributed by atoms with Gasteiger partial charge in [-0.3, -0.25) is 9.59 Å². The van der Waals surface area contributed by atoms with Crippen molar-refractivity contribution in [1.82, 2.24) is 5.32 Å². The van der Waals surface area contributed by atoms with Gasteiger partial charge in [0.2, 0.25) is 11.8 Å². The van der Waals surface area contributed by atoms with Gasteiger partial charge in [-0.1, -0.05) is 26.8 Å². The largest absolute Gasteiger partial charge is 0.326 e. The van der Waals surface area contributed by atoms with Crippen molar-refractivity contribution in [3.05, 3.63) is 23.8 Å². The summed E-state index contributed by atoms with van der Waals surface area (Å²) in [5.74, 6) is -0.106. The summed E-state index contributed by atoms with van der Waals surface area (Å²) in [6, 6.07) is 5.50. The predicted octanol–water partition coefficient (Wildman–Crippen LogP) is 2.95. The Balaban J connectivity index is 0.00000441. The van der Waals surface area contributed by atoms with E-state index >= 15 is 0 Å². The number of halogens is 1. The standard InChI is InChI=1S/C16H25N3O2.ClH/c1-11-6-7-12(18-15(21)16(2,3)4)10-13(11)19-14(20)8-9-17-5;/h6-7,10,17H,8-9H2,1-5H3,(H,18,21)(H,19,20);1H. The molecular weight excluding hydrogens is 302 g/mol. The maximum Gasteiger partial charge on any atom is 0.229 e. The molecule has 0 atom stereocenters. The zero-order valence-corrected chi connectivity index (χ0v) is 14.7. The predicted molar refractivity (Wildman–Crippen MR) is 93.7 cm³/mol. The van der Waals surface area contributed by atoms with E-state index in [0.29, 0.717) is 18.7 Å². The third-order valence-corrected chi connectivity index (χ3v) is 3.05. The third-order valence-electron chi connectivity index (χ3n) is 3.05. The number of benzene rings is 1. The Bertz CT molecular complexity index is 525. The van der Waals surface area contributed by atoms with Gasteiger partial charge in [-0.2, -0.15) is 0 Å². The highest BCUT2D eigenvalue weighted by Gasteiger charge is 2.21. The van der Waals surface area contributed by atoms with Gasteiger partial charge in [-0.15, -0.1) is 12.4 Å². The smallest absolute Gasteiger partial charge is 0.229 e. The minimum absolute atomic E-state index is 0. The zero-order chi connectivity index (χ0) is 16.0. The SMILES string of the molecule is CNCCC(=O)Nc1cc(NC(=O)C(C)(C)C)ccc1C.Cl. The second-order valence-corrected chi connectivity index (χ2v) is 6.14.